The van der Waals surface area contributed by atoms with Crippen molar-refractivity contribution in [1.29, 1.82) is 0 Å². The number of likely N-dealkylation sites (N-methyl/N-ethyl adjacent to an activating group) is 1. The first-order chi connectivity index (χ1) is 12.5. The Morgan fingerprint density at radius 2 is 2.04 bits per heavy atom. The Morgan fingerprint density at radius 3 is 2.59 bits per heavy atom. The molecule has 2 atom stereocenters. The van der Waals surface area contributed by atoms with Crippen molar-refractivity contribution in [2.75, 3.05) is 31.6 Å². The topological polar surface area (TPSA) is 93.9 Å². The molecule has 1 aliphatic rings. The third kappa shape index (κ3) is 6.53. The summed E-state index contributed by atoms with van der Waals surface area (Å²) in [5.41, 5.74) is 6.10. The maximum Gasteiger partial charge on any atom is 0.260 e. The zero-order chi connectivity index (χ0) is 19.1. The van der Waals surface area contributed by atoms with Gasteiger partial charge in [-0.25, -0.2) is 0 Å². The molecule has 1 aliphatic heterocycles. The second-order valence-electron chi connectivity index (χ2n) is 6.05. The van der Waals surface area contributed by atoms with Gasteiger partial charge in [0, 0.05) is 25.3 Å². The molecule has 0 aliphatic carbocycles. The molecule has 152 valence electrons. The first-order valence-corrected chi connectivity index (χ1v) is 9.22. The average molecular weight is 420 g/mol. The Bertz CT molecular complexity index is 641. The summed E-state index contributed by atoms with van der Waals surface area (Å²) < 4.78 is 11.1. The predicted octanol–water partition coefficient (Wildman–Crippen LogP) is 2.45. The number of rotatable bonds is 8. The van der Waals surface area contributed by atoms with Crippen LogP contribution in [0.25, 0.3) is 0 Å². The van der Waals surface area contributed by atoms with Crippen molar-refractivity contribution in [2.45, 2.75) is 38.9 Å². The van der Waals surface area contributed by atoms with Gasteiger partial charge in [-0.15, -0.1) is 12.4 Å². The van der Waals surface area contributed by atoms with Crippen LogP contribution >= 0.6 is 24.0 Å². The molecule has 1 fully saturated rings. The number of nitrogens with zero attached hydrogens (tertiary/aromatic N) is 1. The molecule has 0 bridgehead atoms. The van der Waals surface area contributed by atoms with E-state index in [0.717, 1.165) is 6.42 Å². The molecule has 0 saturated carbocycles. The Hall–Kier alpha value is -1.54. The summed E-state index contributed by atoms with van der Waals surface area (Å²) in [6.45, 7) is 5.42. The van der Waals surface area contributed by atoms with Gasteiger partial charge in [0.2, 0.25) is 0 Å². The maximum atomic E-state index is 12.2. The van der Waals surface area contributed by atoms with Gasteiger partial charge >= 0.3 is 0 Å². The van der Waals surface area contributed by atoms with Crippen molar-refractivity contribution in [3.8, 4) is 5.75 Å². The number of benzene rings is 1. The minimum absolute atomic E-state index is 0. The van der Waals surface area contributed by atoms with Crippen LogP contribution in [-0.4, -0.2) is 55.2 Å². The third-order valence-corrected chi connectivity index (χ3v) is 4.62. The van der Waals surface area contributed by atoms with Crippen LogP contribution < -0.4 is 15.8 Å². The molecule has 1 heterocycles. The Balaban J connectivity index is 0.00000364. The fourth-order valence-electron chi connectivity index (χ4n) is 2.80. The highest BCUT2D eigenvalue weighted by Crippen LogP contribution is 2.28. The van der Waals surface area contributed by atoms with Crippen molar-refractivity contribution < 1.29 is 19.1 Å². The first kappa shape index (κ1) is 23.5. The number of nitrogens with one attached hydrogen (secondary N) is 1. The molecule has 7 nitrogen and oxygen atoms in total. The second-order valence-corrected chi connectivity index (χ2v) is 6.46. The molecule has 3 N–H and O–H groups in total. The van der Waals surface area contributed by atoms with E-state index < -0.39 is 6.10 Å². The zero-order valence-electron chi connectivity index (χ0n) is 15.6. The van der Waals surface area contributed by atoms with Crippen LogP contribution in [-0.2, 0) is 14.3 Å². The van der Waals surface area contributed by atoms with Gasteiger partial charge in [0.15, 0.2) is 6.61 Å². The quantitative estimate of drug-likeness (QED) is 0.674. The molecule has 2 rings (SSSR count). The van der Waals surface area contributed by atoms with Crippen molar-refractivity contribution in [3.05, 3.63) is 23.2 Å². The van der Waals surface area contributed by atoms with Crippen molar-refractivity contribution in [1.82, 2.24) is 4.90 Å². The van der Waals surface area contributed by atoms with E-state index in [1.807, 2.05) is 13.8 Å². The Kier molecular flexibility index (Phi) is 9.87. The first-order valence-electron chi connectivity index (χ1n) is 8.84. The predicted molar refractivity (Wildman–Crippen MR) is 108 cm³/mol. The molecule has 1 aromatic carbocycles. The van der Waals surface area contributed by atoms with E-state index in [1.54, 1.807) is 23.1 Å². The molecule has 27 heavy (non-hydrogen) atoms. The van der Waals surface area contributed by atoms with Crippen LogP contribution in [0.15, 0.2) is 18.2 Å². The van der Waals surface area contributed by atoms with Gasteiger partial charge < -0.3 is 25.4 Å². The Morgan fingerprint density at radius 1 is 1.33 bits per heavy atom. The highest BCUT2D eigenvalue weighted by atomic mass is 35.5. The molecule has 1 saturated heterocycles. The minimum atomic E-state index is -0.495. The van der Waals surface area contributed by atoms with E-state index in [1.165, 1.54) is 0 Å². The lowest BCUT2D eigenvalue weighted by atomic mass is 10.2. The normalized spacial score (nSPS) is 18.5. The van der Waals surface area contributed by atoms with Crippen LogP contribution in [0, 0.1) is 0 Å². The number of ether oxygens (including phenoxy) is 2. The number of amides is 2. The lowest BCUT2D eigenvalue weighted by molar-refractivity contribution is -0.133. The summed E-state index contributed by atoms with van der Waals surface area (Å²) in [7, 11) is 0. The van der Waals surface area contributed by atoms with Gasteiger partial charge in [-0.3, -0.25) is 9.59 Å². The lowest BCUT2D eigenvalue weighted by Gasteiger charge is -2.19. The highest BCUT2D eigenvalue weighted by molar-refractivity contribution is 6.32. The van der Waals surface area contributed by atoms with Gasteiger partial charge in [-0.05, 0) is 44.9 Å². The smallest absolute Gasteiger partial charge is 0.260 e. The molecule has 0 aromatic heterocycles. The second kappa shape index (κ2) is 11.3. The highest BCUT2D eigenvalue weighted by Gasteiger charge is 2.29. The van der Waals surface area contributed by atoms with E-state index >= 15 is 0 Å². The van der Waals surface area contributed by atoms with Crippen LogP contribution in [0.1, 0.15) is 26.7 Å². The number of hydrogen-bond acceptors (Lipinski definition) is 5. The van der Waals surface area contributed by atoms with Crippen molar-refractivity contribution >= 4 is 41.5 Å². The molecule has 2 amide bonds. The number of nitrogens with two attached hydrogens (primary N) is 1. The van der Waals surface area contributed by atoms with E-state index in [-0.39, 0.29) is 36.9 Å². The van der Waals surface area contributed by atoms with E-state index in [0.29, 0.717) is 42.5 Å². The van der Waals surface area contributed by atoms with E-state index in [4.69, 9.17) is 26.8 Å². The molecule has 1 aromatic rings. The van der Waals surface area contributed by atoms with Crippen LogP contribution in [0.4, 0.5) is 5.69 Å². The molecule has 9 heteroatoms. The van der Waals surface area contributed by atoms with Gasteiger partial charge in [0.25, 0.3) is 11.8 Å². The number of anilines is 1. The molecule has 0 unspecified atom stereocenters. The van der Waals surface area contributed by atoms with Gasteiger partial charge in [0.1, 0.15) is 11.9 Å². The number of carbonyl (C=O) groups excluding carboxylic acids is 2. The van der Waals surface area contributed by atoms with E-state index in [9.17, 15) is 9.59 Å². The third-order valence-electron chi connectivity index (χ3n) is 4.33. The zero-order valence-corrected chi connectivity index (χ0v) is 17.1. The molecule has 0 spiro atoms. The van der Waals surface area contributed by atoms with Gasteiger partial charge in [-0.1, -0.05) is 11.6 Å². The summed E-state index contributed by atoms with van der Waals surface area (Å²) in [4.78, 5) is 25.9. The number of halogens is 2. The average Bonchev–Trinajstić information content (AvgIpc) is 3.11. The molecule has 0 radical (unpaired) electrons. The maximum absolute atomic E-state index is 12.2. The summed E-state index contributed by atoms with van der Waals surface area (Å²) in [6, 6.07) is 4.90. The minimum Gasteiger partial charge on any atom is -0.482 e. The standard InChI is InChI=1S/C18H26ClN3O4.ClH/c1-3-22(4-2)17(23)11-25-15-7-5-12(9-14(15)19)21-18(24)16-8-6-13(10-20)26-16;/h5,7,9,13,16H,3-4,6,8,10-11,20H2,1-2H3,(H,21,24);1H/t13-,16+;/m1./s1. The van der Waals surface area contributed by atoms with Crippen molar-refractivity contribution in [3.63, 3.8) is 0 Å². The SMILES string of the molecule is CCN(CC)C(=O)COc1ccc(NC(=O)[C@@H]2CC[C@H](CN)O2)cc1Cl.Cl. The van der Waals surface area contributed by atoms with E-state index in [2.05, 4.69) is 5.32 Å². The lowest BCUT2D eigenvalue weighted by Crippen LogP contribution is -2.34. The largest absolute Gasteiger partial charge is 0.482 e. The van der Waals surface area contributed by atoms with Crippen LogP contribution in [0.5, 0.6) is 5.75 Å². The van der Waals surface area contributed by atoms with Crippen LogP contribution in [0.3, 0.4) is 0 Å². The summed E-state index contributed by atoms with van der Waals surface area (Å²) in [5.74, 6) is 0.0733. The fraction of sp³-hybridized carbons (Fsp3) is 0.556. The van der Waals surface area contributed by atoms with Gasteiger partial charge in [0.05, 0.1) is 11.1 Å². The summed E-state index contributed by atoms with van der Waals surface area (Å²) in [5, 5.41) is 3.10. The molecular weight excluding hydrogens is 393 g/mol. The number of hydrogen-bond donors (Lipinski definition) is 2. The van der Waals surface area contributed by atoms with Crippen LogP contribution in [0.2, 0.25) is 5.02 Å². The summed E-state index contributed by atoms with van der Waals surface area (Å²) >= 11 is 6.20. The monoisotopic (exact) mass is 419 g/mol. The number of carbonyl (C=O) groups is 2. The Labute approximate surface area is 170 Å². The molecular formula is C18H27Cl2N3O4. The summed E-state index contributed by atoms with van der Waals surface area (Å²) in [6.07, 6.45) is 0.872. The van der Waals surface area contributed by atoms with Gasteiger partial charge in [-0.2, -0.15) is 0 Å². The fourth-order valence-corrected chi connectivity index (χ4v) is 3.03. The van der Waals surface area contributed by atoms with Crippen molar-refractivity contribution in [2.24, 2.45) is 5.73 Å².